The van der Waals surface area contributed by atoms with Gasteiger partial charge in [0.05, 0.1) is 12.1 Å². The van der Waals surface area contributed by atoms with E-state index in [0.717, 1.165) is 24.1 Å². The van der Waals surface area contributed by atoms with Crippen molar-refractivity contribution in [3.63, 3.8) is 0 Å². The highest BCUT2D eigenvalue weighted by molar-refractivity contribution is 5.94. The number of nitrogens with one attached hydrogen (secondary N) is 4. The molecular formula is C22H24N8O2. The van der Waals surface area contributed by atoms with E-state index < -0.39 is 0 Å². The molecule has 1 saturated carbocycles. The van der Waals surface area contributed by atoms with Gasteiger partial charge in [-0.3, -0.25) is 9.89 Å². The first-order valence-corrected chi connectivity index (χ1v) is 10.4. The molecule has 0 unspecified atom stereocenters. The highest BCUT2D eigenvalue weighted by Crippen LogP contribution is 2.31. The fraction of sp³-hybridized carbons (Fsp3) is 0.318. The summed E-state index contributed by atoms with van der Waals surface area (Å²) in [5, 5.41) is 25.7. The molecule has 0 saturated heterocycles. The standard InChI is InChI=1S/C22H24N8O2/c1-13-10-18(26-19-11-14(2)29-30-19)27-20(16(13)12-23)25-8-9-32-17-4-3-7-24-21(17)28-22(31)15-5-6-15/h3-4,7,10-11,15H,5-6,8-9H2,1-2H3,(H,24,28,31)(H3,25,26,27,29,30). The van der Waals surface area contributed by atoms with Crippen molar-refractivity contribution >= 4 is 29.2 Å². The molecule has 10 nitrogen and oxygen atoms in total. The SMILES string of the molecule is Cc1cc(Nc2cc(C)c(C#N)c(NCCOc3cccnc3NC(=O)C3CC3)n2)n[nH]1. The molecular weight excluding hydrogens is 408 g/mol. The highest BCUT2D eigenvalue weighted by atomic mass is 16.5. The maximum atomic E-state index is 12.0. The average molecular weight is 432 g/mol. The number of nitrogens with zero attached hydrogens (tertiary/aromatic N) is 4. The van der Waals surface area contributed by atoms with Gasteiger partial charge in [-0.15, -0.1) is 0 Å². The summed E-state index contributed by atoms with van der Waals surface area (Å²) in [5.41, 5.74) is 2.18. The summed E-state index contributed by atoms with van der Waals surface area (Å²) in [4.78, 5) is 20.8. The van der Waals surface area contributed by atoms with Crippen molar-refractivity contribution in [2.45, 2.75) is 26.7 Å². The van der Waals surface area contributed by atoms with Crippen LogP contribution in [0.1, 0.15) is 29.7 Å². The van der Waals surface area contributed by atoms with Gasteiger partial charge in [-0.1, -0.05) is 0 Å². The molecule has 0 atom stereocenters. The fourth-order valence-corrected chi connectivity index (χ4v) is 3.11. The number of rotatable bonds is 9. The van der Waals surface area contributed by atoms with Crippen LogP contribution in [0.2, 0.25) is 0 Å². The Labute approximate surface area is 185 Å². The minimum Gasteiger partial charge on any atom is -0.488 e. The Hall–Kier alpha value is -4.13. The van der Waals surface area contributed by atoms with Gasteiger partial charge in [-0.25, -0.2) is 9.97 Å². The van der Waals surface area contributed by atoms with Gasteiger partial charge in [0.2, 0.25) is 5.91 Å². The lowest BCUT2D eigenvalue weighted by molar-refractivity contribution is -0.117. The van der Waals surface area contributed by atoms with Crippen LogP contribution in [-0.2, 0) is 4.79 Å². The smallest absolute Gasteiger partial charge is 0.228 e. The quantitative estimate of drug-likeness (QED) is 0.378. The zero-order valence-corrected chi connectivity index (χ0v) is 17.9. The summed E-state index contributed by atoms with van der Waals surface area (Å²) in [6, 6.07) is 9.37. The van der Waals surface area contributed by atoms with Crippen LogP contribution < -0.4 is 20.7 Å². The number of anilines is 4. The molecule has 1 amide bonds. The Balaban J connectivity index is 1.38. The van der Waals surface area contributed by atoms with E-state index >= 15 is 0 Å². The van der Waals surface area contributed by atoms with Crippen molar-refractivity contribution in [2.24, 2.45) is 5.92 Å². The first kappa shape index (κ1) is 21.1. The molecule has 164 valence electrons. The van der Waals surface area contributed by atoms with Gasteiger partial charge in [-0.2, -0.15) is 10.4 Å². The zero-order chi connectivity index (χ0) is 22.5. The van der Waals surface area contributed by atoms with Crippen LogP contribution >= 0.6 is 0 Å². The number of carbonyl (C=O) groups is 1. The van der Waals surface area contributed by atoms with Crippen LogP contribution in [0, 0.1) is 31.1 Å². The number of H-pyrrole nitrogens is 1. The Kier molecular flexibility index (Phi) is 6.17. The van der Waals surface area contributed by atoms with Gasteiger partial charge in [0.15, 0.2) is 17.4 Å². The Morgan fingerprint density at radius 3 is 2.84 bits per heavy atom. The number of hydrogen-bond acceptors (Lipinski definition) is 8. The Morgan fingerprint density at radius 2 is 2.12 bits per heavy atom. The molecule has 0 radical (unpaired) electrons. The summed E-state index contributed by atoms with van der Waals surface area (Å²) < 4.78 is 5.81. The van der Waals surface area contributed by atoms with Crippen LogP contribution in [0.5, 0.6) is 5.75 Å². The molecule has 4 rings (SSSR count). The molecule has 1 fully saturated rings. The molecule has 3 aromatic rings. The summed E-state index contributed by atoms with van der Waals surface area (Å²) in [7, 11) is 0. The van der Waals surface area contributed by atoms with E-state index in [1.807, 2.05) is 19.9 Å². The second-order valence-corrected chi connectivity index (χ2v) is 7.61. The summed E-state index contributed by atoms with van der Waals surface area (Å²) in [5.74, 6) is 2.64. The molecule has 0 spiro atoms. The number of ether oxygens (including phenoxy) is 1. The maximum absolute atomic E-state index is 12.0. The molecule has 0 bridgehead atoms. The second kappa shape index (κ2) is 9.34. The van der Waals surface area contributed by atoms with Crippen LogP contribution in [0.15, 0.2) is 30.5 Å². The number of aromatic nitrogens is 4. The largest absolute Gasteiger partial charge is 0.488 e. The number of aromatic amines is 1. The normalized spacial score (nSPS) is 12.7. The minimum atomic E-state index is -0.0265. The van der Waals surface area contributed by atoms with Crippen molar-refractivity contribution in [3.8, 4) is 11.8 Å². The van der Waals surface area contributed by atoms with E-state index in [1.165, 1.54) is 0 Å². The van der Waals surface area contributed by atoms with Gasteiger partial charge in [0.25, 0.3) is 0 Å². The first-order chi connectivity index (χ1) is 15.5. The molecule has 1 aliphatic carbocycles. The molecule has 32 heavy (non-hydrogen) atoms. The average Bonchev–Trinajstić information content (AvgIpc) is 3.55. The highest BCUT2D eigenvalue weighted by Gasteiger charge is 2.30. The van der Waals surface area contributed by atoms with Crippen molar-refractivity contribution < 1.29 is 9.53 Å². The van der Waals surface area contributed by atoms with E-state index in [4.69, 9.17) is 4.74 Å². The molecule has 0 aliphatic heterocycles. The molecule has 1 aliphatic rings. The molecule has 0 aromatic carbocycles. The van der Waals surface area contributed by atoms with Gasteiger partial charge in [0, 0.05) is 23.9 Å². The number of carbonyl (C=O) groups excluding carboxylic acids is 1. The van der Waals surface area contributed by atoms with Crippen molar-refractivity contribution in [1.29, 1.82) is 5.26 Å². The third-order valence-corrected chi connectivity index (χ3v) is 4.90. The lowest BCUT2D eigenvalue weighted by Gasteiger charge is -2.14. The van der Waals surface area contributed by atoms with E-state index in [0.29, 0.717) is 47.7 Å². The van der Waals surface area contributed by atoms with Crippen molar-refractivity contribution in [1.82, 2.24) is 20.2 Å². The van der Waals surface area contributed by atoms with Gasteiger partial charge in [0.1, 0.15) is 24.3 Å². The number of hydrogen-bond donors (Lipinski definition) is 4. The maximum Gasteiger partial charge on any atom is 0.228 e. The van der Waals surface area contributed by atoms with Crippen LogP contribution in [0.4, 0.5) is 23.3 Å². The lowest BCUT2D eigenvalue weighted by Crippen LogP contribution is -2.17. The molecule has 3 heterocycles. The Bertz CT molecular complexity index is 1160. The third-order valence-electron chi connectivity index (χ3n) is 4.90. The predicted molar refractivity (Wildman–Crippen MR) is 120 cm³/mol. The second-order valence-electron chi connectivity index (χ2n) is 7.61. The van der Waals surface area contributed by atoms with Gasteiger partial charge >= 0.3 is 0 Å². The summed E-state index contributed by atoms with van der Waals surface area (Å²) in [6.07, 6.45) is 3.44. The molecule has 4 N–H and O–H groups in total. The van der Waals surface area contributed by atoms with Crippen LogP contribution in [-0.4, -0.2) is 39.2 Å². The summed E-state index contributed by atoms with van der Waals surface area (Å²) >= 11 is 0. The van der Waals surface area contributed by atoms with Gasteiger partial charge < -0.3 is 20.7 Å². The molecule has 3 aromatic heterocycles. The monoisotopic (exact) mass is 432 g/mol. The lowest BCUT2D eigenvalue weighted by atomic mass is 10.1. The van der Waals surface area contributed by atoms with Crippen LogP contribution in [0.25, 0.3) is 0 Å². The Morgan fingerprint density at radius 1 is 1.28 bits per heavy atom. The summed E-state index contributed by atoms with van der Waals surface area (Å²) in [6.45, 7) is 4.46. The van der Waals surface area contributed by atoms with Gasteiger partial charge in [-0.05, 0) is 50.5 Å². The first-order valence-electron chi connectivity index (χ1n) is 10.4. The van der Waals surface area contributed by atoms with E-state index in [-0.39, 0.29) is 11.8 Å². The predicted octanol–water partition coefficient (Wildman–Crippen LogP) is 3.27. The van der Waals surface area contributed by atoms with Crippen molar-refractivity contribution in [2.75, 3.05) is 29.1 Å². The zero-order valence-electron chi connectivity index (χ0n) is 17.9. The van der Waals surface area contributed by atoms with Crippen molar-refractivity contribution in [3.05, 3.63) is 47.3 Å². The van der Waals surface area contributed by atoms with Crippen LogP contribution in [0.3, 0.4) is 0 Å². The van der Waals surface area contributed by atoms with E-state index in [1.54, 1.807) is 24.4 Å². The van der Waals surface area contributed by atoms with E-state index in [9.17, 15) is 10.1 Å². The minimum absolute atomic E-state index is 0.0265. The van der Waals surface area contributed by atoms with E-state index in [2.05, 4.69) is 42.2 Å². The number of pyridine rings is 2. The number of aryl methyl sites for hydroxylation is 2. The fourth-order valence-electron chi connectivity index (χ4n) is 3.11. The number of amides is 1. The number of nitriles is 1. The topological polar surface area (TPSA) is 141 Å². The molecule has 10 heteroatoms. The third kappa shape index (κ3) is 5.13.